The molecule has 1 fully saturated rings. The van der Waals surface area contributed by atoms with E-state index in [9.17, 15) is 4.79 Å². The van der Waals surface area contributed by atoms with Gasteiger partial charge < -0.3 is 15.0 Å². The Hall–Kier alpha value is -1.29. The molecule has 17 heavy (non-hydrogen) atoms. The Kier molecular flexibility index (Phi) is 5.22. The predicted molar refractivity (Wildman–Crippen MR) is 62.8 cm³/mol. The summed E-state index contributed by atoms with van der Waals surface area (Å²) in [5, 5.41) is 0. The quantitative estimate of drug-likeness (QED) is 0.304. The number of hydrogen-bond donors (Lipinski definition) is 0. The van der Waals surface area contributed by atoms with Crippen LogP contribution in [-0.2, 0) is 14.3 Å². The molecule has 0 aromatic carbocycles. The number of carbonyl (C=O) groups is 1. The van der Waals surface area contributed by atoms with E-state index in [4.69, 9.17) is 15.0 Å². The van der Waals surface area contributed by atoms with Gasteiger partial charge in [-0.2, -0.15) is 4.79 Å². The molecular formula is C12H18N2O3. The SMILES string of the molecule is C=CCO[C@]1(C)CCCO[C@H]1CC(=O)C=[N+]=[N-]. The molecule has 1 aliphatic heterocycles. The van der Waals surface area contributed by atoms with Gasteiger partial charge in [-0.05, 0) is 19.8 Å². The molecule has 5 nitrogen and oxygen atoms in total. The highest BCUT2D eigenvalue weighted by molar-refractivity contribution is 6.25. The van der Waals surface area contributed by atoms with E-state index < -0.39 is 5.60 Å². The number of rotatable bonds is 6. The molecule has 0 aromatic heterocycles. The molecular weight excluding hydrogens is 220 g/mol. The van der Waals surface area contributed by atoms with Crippen LogP contribution in [0.1, 0.15) is 26.2 Å². The van der Waals surface area contributed by atoms with Crippen LogP contribution in [0.25, 0.3) is 5.53 Å². The van der Waals surface area contributed by atoms with Gasteiger partial charge in [0.15, 0.2) is 0 Å². The minimum absolute atomic E-state index is 0.164. The maximum atomic E-state index is 11.4. The van der Waals surface area contributed by atoms with Crippen LogP contribution in [0.4, 0.5) is 0 Å². The van der Waals surface area contributed by atoms with Crippen molar-refractivity contribution < 1.29 is 19.1 Å². The Morgan fingerprint density at radius 3 is 3.18 bits per heavy atom. The fourth-order valence-corrected chi connectivity index (χ4v) is 1.98. The van der Waals surface area contributed by atoms with Gasteiger partial charge in [-0.15, -0.1) is 6.58 Å². The molecule has 94 valence electrons. The molecule has 5 heteroatoms. The average Bonchev–Trinajstić information content (AvgIpc) is 2.30. The van der Waals surface area contributed by atoms with Crippen molar-refractivity contribution in [1.82, 2.24) is 0 Å². The first kappa shape index (κ1) is 13.8. The molecule has 1 rings (SSSR count). The Balaban J connectivity index is 2.67. The molecule has 0 amide bonds. The van der Waals surface area contributed by atoms with Crippen LogP contribution < -0.4 is 0 Å². The number of nitrogens with zero attached hydrogens (tertiary/aromatic N) is 2. The Bertz CT molecular complexity index is 337. The van der Waals surface area contributed by atoms with Gasteiger partial charge in [0.2, 0.25) is 5.78 Å². The Morgan fingerprint density at radius 1 is 1.76 bits per heavy atom. The monoisotopic (exact) mass is 238 g/mol. The van der Waals surface area contributed by atoms with Gasteiger partial charge in [0.25, 0.3) is 0 Å². The van der Waals surface area contributed by atoms with E-state index in [0.29, 0.717) is 13.2 Å². The summed E-state index contributed by atoms with van der Waals surface area (Å²) in [7, 11) is 0. The van der Waals surface area contributed by atoms with Crippen molar-refractivity contribution in [1.29, 1.82) is 0 Å². The maximum absolute atomic E-state index is 11.4. The molecule has 0 saturated carbocycles. The van der Waals surface area contributed by atoms with Gasteiger partial charge in [-0.1, -0.05) is 6.08 Å². The van der Waals surface area contributed by atoms with Gasteiger partial charge in [-0.3, -0.25) is 4.79 Å². The molecule has 0 radical (unpaired) electrons. The van der Waals surface area contributed by atoms with Crippen LogP contribution in [-0.4, -0.2) is 41.7 Å². The largest absolute Gasteiger partial charge is 0.375 e. The van der Waals surface area contributed by atoms with E-state index in [-0.39, 0.29) is 18.3 Å². The summed E-state index contributed by atoms with van der Waals surface area (Å²) in [5.74, 6) is -0.271. The summed E-state index contributed by atoms with van der Waals surface area (Å²) in [6.45, 7) is 6.59. The standard InChI is InChI=1S/C12H18N2O3/c1-3-6-17-12(2)5-4-7-16-11(12)8-10(15)9-14-13/h3,9,11H,1,4-8H2,2H3/t11-,12+/m0/s1. The zero-order chi connectivity index (χ0) is 12.7. The van der Waals surface area contributed by atoms with Gasteiger partial charge in [-0.25, -0.2) is 0 Å². The van der Waals surface area contributed by atoms with Crippen molar-refractivity contribution in [3.8, 4) is 0 Å². The van der Waals surface area contributed by atoms with E-state index in [2.05, 4.69) is 11.4 Å². The third-order valence-corrected chi connectivity index (χ3v) is 2.94. The highest BCUT2D eigenvalue weighted by Gasteiger charge is 2.39. The van der Waals surface area contributed by atoms with E-state index >= 15 is 0 Å². The number of ketones is 1. The van der Waals surface area contributed by atoms with Gasteiger partial charge in [0.1, 0.15) is 0 Å². The van der Waals surface area contributed by atoms with Crippen LogP contribution in [0.15, 0.2) is 12.7 Å². The van der Waals surface area contributed by atoms with Crippen molar-refractivity contribution in [2.75, 3.05) is 13.2 Å². The zero-order valence-electron chi connectivity index (χ0n) is 10.1. The smallest absolute Gasteiger partial charge is 0.323 e. The fourth-order valence-electron chi connectivity index (χ4n) is 1.98. The van der Waals surface area contributed by atoms with Crippen LogP contribution in [0.3, 0.4) is 0 Å². The highest BCUT2D eigenvalue weighted by atomic mass is 16.6. The van der Waals surface area contributed by atoms with E-state index in [1.807, 2.05) is 6.92 Å². The Morgan fingerprint density at radius 2 is 2.53 bits per heavy atom. The summed E-state index contributed by atoms with van der Waals surface area (Å²) in [4.78, 5) is 14.1. The second kappa shape index (κ2) is 6.45. The van der Waals surface area contributed by atoms with Crippen LogP contribution >= 0.6 is 0 Å². The number of carbonyl (C=O) groups excluding carboxylic acids is 1. The Labute approximate surface area is 101 Å². The lowest BCUT2D eigenvalue weighted by atomic mass is 9.88. The second-order valence-corrected chi connectivity index (χ2v) is 4.29. The van der Waals surface area contributed by atoms with Crippen LogP contribution in [0.5, 0.6) is 0 Å². The van der Waals surface area contributed by atoms with Gasteiger partial charge in [0, 0.05) is 13.0 Å². The molecule has 1 heterocycles. The minimum atomic E-state index is -0.481. The fraction of sp³-hybridized carbons (Fsp3) is 0.667. The molecule has 0 spiro atoms. The lowest BCUT2D eigenvalue weighted by Gasteiger charge is -2.40. The molecule has 1 aliphatic rings. The molecule has 0 N–H and O–H groups in total. The van der Waals surface area contributed by atoms with Crippen molar-refractivity contribution >= 4 is 12.0 Å². The maximum Gasteiger partial charge on any atom is 0.323 e. The lowest BCUT2D eigenvalue weighted by Crippen LogP contribution is -2.48. The van der Waals surface area contributed by atoms with Crippen molar-refractivity contribution in [3.63, 3.8) is 0 Å². The van der Waals surface area contributed by atoms with Crippen LogP contribution in [0, 0.1) is 0 Å². The third kappa shape index (κ3) is 3.89. The van der Waals surface area contributed by atoms with Crippen molar-refractivity contribution in [3.05, 3.63) is 18.2 Å². The molecule has 1 saturated heterocycles. The van der Waals surface area contributed by atoms with Crippen molar-refractivity contribution in [2.45, 2.75) is 37.9 Å². The van der Waals surface area contributed by atoms with Gasteiger partial charge in [0.05, 0.1) is 18.3 Å². The first-order valence-corrected chi connectivity index (χ1v) is 5.69. The third-order valence-electron chi connectivity index (χ3n) is 2.94. The normalized spacial score (nSPS) is 28.2. The predicted octanol–water partition coefficient (Wildman–Crippen LogP) is 1.39. The first-order valence-electron chi connectivity index (χ1n) is 5.69. The molecule has 2 atom stereocenters. The number of hydrogen-bond acceptors (Lipinski definition) is 3. The number of ether oxygens (including phenoxy) is 2. The highest BCUT2D eigenvalue weighted by Crippen LogP contribution is 2.31. The second-order valence-electron chi connectivity index (χ2n) is 4.29. The summed E-state index contributed by atoms with van der Waals surface area (Å²) in [6.07, 6.45) is 4.18. The van der Waals surface area contributed by atoms with E-state index in [0.717, 1.165) is 19.1 Å². The summed E-state index contributed by atoms with van der Waals surface area (Å²) >= 11 is 0. The molecule has 0 aliphatic carbocycles. The summed E-state index contributed by atoms with van der Waals surface area (Å²) in [5.41, 5.74) is 7.82. The van der Waals surface area contributed by atoms with Crippen LogP contribution in [0.2, 0.25) is 0 Å². The first-order chi connectivity index (χ1) is 8.12. The molecule has 0 bridgehead atoms. The lowest BCUT2D eigenvalue weighted by molar-refractivity contribution is -0.166. The van der Waals surface area contributed by atoms with E-state index in [1.54, 1.807) is 6.08 Å². The summed E-state index contributed by atoms with van der Waals surface area (Å²) < 4.78 is 11.3. The zero-order valence-corrected chi connectivity index (χ0v) is 10.1. The minimum Gasteiger partial charge on any atom is -0.375 e. The molecule has 0 aromatic rings. The van der Waals surface area contributed by atoms with Crippen molar-refractivity contribution in [2.24, 2.45) is 0 Å². The molecule has 0 unspecified atom stereocenters. The topological polar surface area (TPSA) is 71.9 Å². The van der Waals surface area contributed by atoms with Gasteiger partial charge >= 0.3 is 6.21 Å². The average molecular weight is 238 g/mol. The number of Topliss-reactive ketones (excluding diaryl/α,β-unsaturated/α-hetero) is 1. The van der Waals surface area contributed by atoms with E-state index in [1.165, 1.54) is 0 Å². The summed E-state index contributed by atoms with van der Waals surface area (Å²) in [6, 6.07) is 0.